The standard InChI is InChI=1S/C12H15N3O3/c1-17-8-3-4-10-9(7-8)14-12(13)15(10)6-5-11(16)18-2/h3-4,7H,5-6H2,1-2H3,(H2,13,14). The molecule has 0 atom stereocenters. The van der Waals surface area contributed by atoms with Crippen LogP contribution in [0.3, 0.4) is 0 Å². The first-order valence-electron chi connectivity index (χ1n) is 5.52. The van der Waals surface area contributed by atoms with Gasteiger partial charge in [0.15, 0.2) is 0 Å². The molecule has 96 valence electrons. The van der Waals surface area contributed by atoms with E-state index in [1.165, 1.54) is 7.11 Å². The van der Waals surface area contributed by atoms with Gasteiger partial charge in [-0.15, -0.1) is 0 Å². The van der Waals surface area contributed by atoms with Gasteiger partial charge in [0, 0.05) is 12.6 Å². The van der Waals surface area contributed by atoms with Crippen LogP contribution in [0, 0.1) is 0 Å². The van der Waals surface area contributed by atoms with Gasteiger partial charge < -0.3 is 19.8 Å². The predicted octanol–water partition coefficient (Wildman–Crippen LogP) is 1.19. The molecular formula is C12H15N3O3. The number of imidazole rings is 1. The molecule has 0 saturated carbocycles. The molecule has 2 rings (SSSR count). The van der Waals surface area contributed by atoms with Crippen molar-refractivity contribution in [3.63, 3.8) is 0 Å². The Morgan fingerprint density at radius 3 is 2.89 bits per heavy atom. The maximum atomic E-state index is 11.1. The van der Waals surface area contributed by atoms with Crippen LogP contribution in [0.4, 0.5) is 5.95 Å². The smallest absolute Gasteiger partial charge is 0.307 e. The molecule has 0 aliphatic carbocycles. The fourth-order valence-electron chi connectivity index (χ4n) is 1.80. The second-order valence-electron chi connectivity index (χ2n) is 3.80. The molecule has 18 heavy (non-hydrogen) atoms. The van der Waals surface area contributed by atoms with Gasteiger partial charge in [0.25, 0.3) is 0 Å². The number of carbonyl (C=O) groups excluding carboxylic acids is 1. The Hall–Kier alpha value is -2.24. The van der Waals surface area contributed by atoms with Gasteiger partial charge in [-0.3, -0.25) is 4.79 Å². The van der Waals surface area contributed by atoms with Gasteiger partial charge in [-0.25, -0.2) is 4.98 Å². The zero-order valence-corrected chi connectivity index (χ0v) is 10.3. The van der Waals surface area contributed by atoms with Gasteiger partial charge in [-0.05, 0) is 12.1 Å². The van der Waals surface area contributed by atoms with Gasteiger partial charge in [-0.1, -0.05) is 0 Å². The van der Waals surface area contributed by atoms with Gasteiger partial charge >= 0.3 is 5.97 Å². The summed E-state index contributed by atoms with van der Waals surface area (Å²) in [6.45, 7) is 0.446. The van der Waals surface area contributed by atoms with E-state index >= 15 is 0 Å². The van der Waals surface area contributed by atoms with Crippen molar-refractivity contribution in [2.24, 2.45) is 0 Å². The maximum Gasteiger partial charge on any atom is 0.307 e. The molecular weight excluding hydrogens is 234 g/mol. The largest absolute Gasteiger partial charge is 0.497 e. The van der Waals surface area contributed by atoms with Crippen LogP contribution in [-0.4, -0.2) is 29.7 Å². The van der Waals surface area contributed by atoms with E-state index in [0.717, 1.165) is 16.8 Å². The highest BCUT2D eigenvalue weighted by Gasteiger charge is 2.10. The average molecular weight is 249 g/mol. The van der Waals surface area contributed by atoms with Crippen molar-refractivity contribution in [1.82, 2.24) is 9.55 Å². The van der Waals surface area contributed by atoms with Crippen molar-refractivity contribution in [2.75, 3.05) is 20.0 Å². The van der Waals surface area contributed by atoms with Gasteiger partial charge in [0.1, 0.15) is 5.75 Å². The molecule has 0 saturated heterocycles. The molecule has 0 unspecified atom stereocenters. The summed E-state index contributed by atoms with van der Waals surface area (Å²) in [7, 11) is 2.96. The number of methoxy groups -OCH3 is 2. The van der Waals surface area contributed by atoms with E-state index in [2.05, 4.69) is 9.72 Å². The number of rotatable bonds is 4. The van der Waals surface area contributed by atoms with E-state index in [0.29, 0.717) is 12.5 Å². The SMILES string of the molecule is COC(=O)CCn1c(N)nc2cc(OC)ccc21. The molecule has 0 spiro atoms. The van der Waals surface area contributed by atoms with Crippen molar-refractivity contribution in [3.8, 4) is 5.75 Å². The number of nitrogens with zero attached hydrogens (tertiary/aromatic N) is 2. The number of carbonyl (C=O) groups is 1. The molecule has 0 radical (unpaired) electrons. The third-order valence-corrected chi connectivity index (χ3v) is 2.75. The molecule has 0 amide bonds. The highest BCUT2D eigenvalue weighted by molar-refractivity contribution is 5.80. The Morgan fingerprint density at radius 2 is 2.22 bits per heavy atom. The lowest BCUT2D eigenvalue weighted by molar-refractivity contribution is -0.140. The molecule has 6 heteroatoms. The summed E-state index contributed by atoms with van der Waals surface area (Å²) < 4.78 is 11.5. The molecule has 0 aliphatic rings. The van der Waals surface area contributed by atoms with Crippen LogP contribution in [0.2, 0.25) is 0 Å². The molecule has 1 heterocycles. The van der Waals surface area contributed by atoms with E-state index in [-0.39, 0.29) is 12.4 Å². The zero-order valence-electron chi connectivity index (χ0n) is 10.3. The maximum absolute atomic E-state index is 11.1. The topological polar surface area (TPSA) is 79.4 Å². The number of aryl methyl sites for hydroxylation is 1. The van der Waals surface area contributed by atoms with E-state index in [1.54, 1.807) is 17.7 Å². The number of esters is 1. The molecule has 0 bridgehead atoms. The van der Waals surface area contributed by atoms with Crippen LogP contribution in [0.25, 0.3) is 11.0 Å². The summed E-state index contributed by atoms with van der Waals surface area (Å²) in [6.07, 6.45) is 0.262. The van der Waals surface area contributed by atoms with Crippen LogP contribution in [0.1, 0.15) is 6.42 Å². The minimum absolute atomic E-state index is 0.262. The Balaban J connectivity index is 2.32. The predicted molar refractivity (Wildman–Crippen MR) is 67.3 cm³/mol. The first-order chi connectivity index (χ1) is 8.65. The summed E-state index contributed by atoms with van der Waals surface area (Å²) in [4.78, 5) is 15.4. The molecule has 0 fully saturated rings. The molecule has 1 aromatic heterocycles. The second kappa shape index (κ2) is 4.95. The van der Waals surface area contributed by atoms with Crippen molar-refractivity contribution in [3.05, 3.63) is 18.2 Å². The number of nitrogens with two attached hydrogens (primary N) is 1. The molecule has 1 aromatic carbocycles. The number of benzene rings is 1. The Morgan fingerprint density at radius 1 is 1.44 bits per heavy atom. The molecule has 2 N–H and O–H groups in total. The van der Waals surface area contributed by atoms with Crippen molar-refractivity contribution in [1.29, 1.82) is 0 Å². The summed E-state index contributed by atoms with van der Waals surface area (Å²) in [6, 6.07) is 5.51. The minimum atomic E-state index is -0.273. The van der Waals surface area contributed by atoms with Gasteiger partial charge in [0.05, 0.1) is 31.7 Å². The molecule has 0 aliphatic heterocycles. The summed E-state index contributed by atoms with van der Waals surface area (Å²) in [5.74, 6) is 0.826. The highest BCUT2D eigenvalue weighted by atomic mass is 16.5. The Bertz CT molecular complexity index is 577. The normalized spacial score (nSPS) is 10.6. The number of aromatic nitrogens is 2. The number of anilines is 1. The molecule has 2 aromatic rings. The lowest BCUT2D eigenvalue weighted by atomic mass is 10.3. The quantitative estimate of drug-likeness (QED) is 0.823. The van der Waals surface area contributed by atoms with Crippen molar-refractivity contribution >= 4 is 23.0 Å². The average Bonchev–Trinajstić information content (AvgIpc) is 2.70. The fourth-order valence-corrected chi connectivity index (χ4v) is 1.80. The Labute approximate surface area is 104 Å². The van der Waals surface area contributed by atoms with Gasteiger partial charge in [0.2, 0.25) is 5.95 Å². The van der Waals surface area contributed by atoms with E-state index in [4.69, 9.17) is 10.5 Å². The lowest BCUT2D eigenvalue weighted by Gasteiger charge is -2.05. The first-order valence-corrected chi connectivity index (χ1v) is 5.52. The summed E-state index contributed by atoms with van der Waals surface area (Å²) in [5.41, 5.74) is 7.45. The van der Waals surface area contributed by atoms with E-state index in [1.807, 2.05) is 12.1 Å². The third-order valence-electron chi connectivity index (χ3n) is 2.75. The van der Waals surface area contributed by atoms with Crippen LogP contribution in [0.5, 0.6) is 5.75 Å². The van der Waals surface area contributed by atoms with Gasteiger partial charge in [-0.2, -0.15) is 0 Å². The number of hydrogen-bond donors (Lipinski definition) is 1. The molecule has 6 nitrogen and oxygen atoms in total. The van der Waals surface area contributed by atoms with E-state index < -0.39 is 0 Å². The van der Waals surface area contributed by atoms with Crippen LogP contribution in [0.15, 0.2) is 18.2 Å². The van der Waals surface area contributed by atoms with Crippen LogP contribution < -0.4 is 10.5 Å². The number of ether oxygens (including phenoxy) is 2. The van der Waals surface area contributed by atoms with Crippen LogP contribution in [-0.2, 0) is 16.1 Å². The van der Waals surface area contributed by atoms with Crippen molar-refractivity contribution in [2.45, 2.75) is 13.0 Å². The van der Waals surface area contributed by atoms with Crippen LogP contribution >= 0.6 is 0 Å². The number of nitrogen functional groups attached to an aromatic ring is 1. The lowest BCUT2D eigenvalue weighted by Crippen LogP contribution is -2.09. The fraction of sp³-hybridized carbons (Fsp3) is 0.333. The summed E-state index contributed by atoms with van der Waals surface area (Å²) >= 11 is 0. The monoisotopic (exact) mass is 249 g/mol. The number of fused-ring (bicyclic) bond motifs is 1. The highest BCUT2D eigenvalue weighted by Crippen LogP contribution is 2.23. The Kier molecular flexibility index (Phi) is 3.36. The van der Waals surface area contributed by atoms with E-state index in [9.17, 15) is 4.79 Å². The third kappa shape index (κ3) is 2.22. The van der Waals surface area contributed by atoms with Crippen molar-refractivity contribution < 1.29 is 14.3 Å². The first kappa shape index (κ1) is 12.2. The second-order valence-corrected chi connectivity index (χ2v) is 3.80. The summed E-state index contributed by atoms with van der Waals surface area (Å²) in [5, 5.41) is 0. The minimum Gasteiger partial charge on any atom is -0.497 e. The zero-order chi connectivity index (χ0) is 13.1. The number of hydrogen-bond acceptors (Lipinski definition) is 5.